The van der Waals surface area contributed by atoms with E-state index in [1.807, 2.05) is 30.3 Å². The van der Waals surface area contributed by atoms with Gasteiger partial charge in [-0.3, -0.25) is 9.78 Å². The summed E-state index contributed by atoms with van der Waals surface area (Å²) in [5.41, 5.74) is 0.408. The van der Waals surface area contributed by atoms with Crippen LogP contribution >= 0.6 is 0 Å². The number of hydrogen-bond donors (Lipinski definition) is 2. The summed E-state index contributed by atoms with van der Waals surface area (Å²) in [6, 6.07) is 9.30. The quantitative estimate of drug-likeness (QED) is 0.878. The van der Waals surface area contributed by atoms with Gasteiger partial charge in [0, 0.05) is 11.6 Å². The van der Waals surface area contributed by atoms with Crippen molar-refractivity contribution < 1.29 is 9.90 Å². The molecule has 4 heteroatoms. The van der Waals surface area contributed by atoms with Gasteiger partial charge < -0.3 is 10.4 Å². The first-order valence-corrected chi connectivity index (χ1v) is 6.87. The number of fused-ring (bicyclic) bond motifs is 1. The number of aromatic nitrogens is 1. The minimum Gasteiger partial charge on any atom is -0.394 e. The normalized spacial score (nSPS) is 12.6. The number of benzene rings is 1. The first kappa shape index (κ1) is 14.5. The molecular weight excluding hydrogens is 252 g/mol. The molecule has 0 bridgehead atoms. The molecule has 0 radical (unpaired) electrons. The van der Waals surface area contributed by atoms with Gasteiger partial charge >= 0.3 is 0 Å². The number of nitrogens with one attached hydrogen (secondary N) is 1. The summed E-state index contributed by atoms with van der Waals surface area (Å²) in [5.74, 6) is 0.175. The highest BCUT2D eigenvalue weighted by atomic mass is 16.3. The van der Waals surface area contributed by atoms with Crippen LogP contribution in [0.1, 0.15) is 30.8 Å². The molecule has 2 aromatic rings. The van der Waals surface area contributed by atoms with Crippen molar-refractivity contribution >= 4 is 16.7 Å². The lowest BCUT2D eigenvalue weighted by molar-refractivity contribution is 0.0905. The Bertz CT molecular complexity index is 591. The van der Waals surface area contributed by atoms with Crippen LogP contribution < -0.4 is 5.32 Å². The summed E-state index contributed by atoms with van der Waals surface area (Å²) in [7, 11) is 0. The van der Waals surface area contributed by atoms with Crippen molar-refractivity contribution in [2.45, 2.75) is 26.3 Å². The van der Waals surface area contributed by atoms with E-state index in [1.54, 1.807) is 6.20 Å². The molecule has 106 valence electrons. The fourth-order valence-electron chi connectivity index (χ4n) is 2.30. The van der Waals surface area contributed by atoms with Crippen LogP contribution in [0.4, 0.5) is 0 Å². The number of carbonyl (C=O) groups is 1. The summed E-state index contributed by atoms with van der Waals surface area (Å²) in [4.78, 5) is 16.5. The molecule has 0 spiro atoms. The van der Waals surface area contributed by atoms with Crippen LogP contribution in [0.15, 0.2) is 36.5 Å². The van der Waals surface area contributed by atoms with Gasteiger partial charge in [0.15, 0.2) is 0 Å². The molecule has 4 nitrogen and oxygen atoms in total. The van der Waals surface area contributed by atoms with E-state index in [4.69, 9.17) is 0 Å². The highest BCUT2D eigenvalue weighted by molar-refractivity contribution is 6.05. The third kappa shape index (κ3) is 3.33. The molecule has 1 amide bonds. The van der Waals surface area contributed by atoms with Crippen molar-refractivity contribution in [2.24, 2.45) is 5.92 Å². The zero-order valence-corrected chi connectivity index (χ0v) is 11.8. The highest BCUT2D eigenvalue weighted by Gasteiger charge is 2.17. The second-order valence-electron chi connectivity index (χ2n) is 5.36. The Morgan fingerprint density at radius 3 is 2.75 bits per heavy atom. The number of aliphatic hydroxyl groups excluding tert-OH is 1. The number of amides is 1. The van der Waals surface area contributed by atoms with Gasteiger partial charge in [0.25, 0.3) is 5.91 Å². The van der Waals surface area contributed by atoms with Crippen LogP contribution in [-0.4, -0.2) is 28.6 Å². The number of aliphatic hydroxyl groups is 1. The fraction of sp³-hybridized carbons (Fsp3) is 0.375. The number of nitrogens with zero attached hydrogens (tertiary/aromatic N) is 1. The zero-order valence-electron chi connectivity index (χ0n) is 11.8. The van der Waals surface area contributed by atoms with E-state index in [-0.39, 0.29) is 18.6 Å². The molecule has 0 fully saturated rings. The average molecular weight is 272 g/mol. The van der Waals surface area contributed by atoms with Crippen molar-refractivity contribution in [1.29, 1.82) is 0 Å². The molecule has 0 saturated carbocycles. The van der Waals surface area contributed by atoms with E-state index >= 15 is 0 Å². The molecule has 1 unspecified atom stereocenters. The Kier molecular flexibility index (Phi) is 4.69. The predicted octanol–water partition coefficient (Wildman–Crippen LogP) is 2.37. The number of carbonyl (C=O) groups excluding carboxylic acids is 1. The summed E-state index contributed by atoms with van der Waals surface area (Å²) in [6.07, 6.45) is 2.38. The summed E-state index contributed by atoms with van der Waals surface area (Å²) < 4.78 is 0. The van der Waals surface area contributed by atoms with Crippen molar-refractivity contribution in [2.75, 3.05) is 6.61 Å². The van der Waals surface area contributed by atoms with E-state index in [0.29, 0.717) is 11.6 Å². The first-order valence-electron chi connectivity index (χ1n) is 6.87. The van der Waals surface area contributed by atoms with E-state index in [1.165, 1.54) is 0 Å². The molecule has 1 heterocycles. The highest BCUT2D eigenvalue weighted by Crippen LogP contribution is 2.16. The van der Waals surface area contributed by atoms with Crippen molar-refractivity contribution in [3.63, 3.8) is 0 Å². The second kappa shape index (κ2) is 6.48. The van der Waals surface area contributed by atoms with Gasteiger partial charge in [-0.2, -0.15) is 0 Å². The Morgan fingerprint density at radius 1 is 1.30 bits per heavy atom. The number of pyridine rings is 1. The topological polar surface area (TPSA) is 62.2 Å². The molecule has 2 rings (SSSR count). The molecule has 20 heavy (non-hydrogen) atoms. The van der Waals surface area contributed by atoms with Crippen molar-refractivity contribution in [3.05, 3.63) is 42.2 Å². The lowest BCUT2D eigenvalue weighted by Crippen LogP contribution is -2.38. The van der Waals surface area contributed by atoms with E-state index in [9.17, 15) is 9.90 Å². The third-order valence-electron chi connectivity index (χ3n) is 3.20. The molecule has 0 aliphatic heterocycles. The largest absolute Gasteiger partial charge is 0.394 e. The minimum atomic E-state index is -0.235. The summed E-state index contributed by atoms with van der Waals surface area (Å²) in [6.45, 7) is 4.06. The van der Waals surface area contributed by atoms with Gasteiger partial charge in [-0.05, 0) is 23.8 Å². The van der Waals surface area contributed by atoms with Crippen molar-refractivity contribution in [3.8, 4) is 0 Å². The van der Waals surface area contributed by atoms with Gasteiger partial charge in [0.2, 0.25) is 0 Å². The predicted molar refractivity (Wildman–Crippen MR) is 79.5 cm³/mol. The maximum absolute atomic E-state index is 12.3. The van der Waals surface area contributed by atoms with Gasteiger partial charge in [0.1, 0.15) is 5.69 Å². The van der Waals surface area contributed by atoms with Gasteiger partial charge in [-0.25, -0.2) is 0 Å². The Labute approximate surface area is 118 Å². The Balaban J connectivity index is 2.23. The van der Waals surface area contributed by atoms with Gasteiger partial charge in [-0.15, -0.1) is 0 Å². The molecule has 0 saturated heterocycles. The fourth-order valence-corrected chi connectivity index (χ4v) is 2.30. The molecule has 2 N–H and O–H groups in total. The molecular formula is C16H20N2O2. The van der Waals surface area contributed by atoms with Crippen LogP contribution in [-0.2, 0) is 0 Å². The van der Waals surface area contributed by atoms with E-state index in [0.717, 1.165) is 17.2 Å². The second-order valence-corrected chi connectivity index (χ2v) is 5.36. The standard InChI is InChI=1S/C16H20N2O2/c1-11(2)9-13(10-19)18-16(20)15-14-6-4-3-5-12(14)7-8-17-15/h3-8,11,13,19H,9-10H2,1-2H3,(H,18,20). The van der Waals surface area contributed by atoms with E-state index < -0.39 is 0 Å². The van der Waals surface area contributed by atoms with Crippen LogP contribution in [0.2, 0.25) is 0 Å². The van der Waals surface area contributed by atoms with Crippen LogP contribution in [0.25, 0.3) is 10.8 Å². The Morgan fingerprint density at radius 2 is 2.05 bits per heavy atom. The monoisotopic (exact) mass is 272 g/mol. The van der Waals surface area contributed by atoms with Crippen LogP contribution in [0, 0.1) is 5.92 Å². The van der Waals surface area contributed by atoms with Gasteiger partial charge in [0.05, 0.1) is 12.6 Å². The molecule has 0 aliphatic carbocycles. The van der Waals surface area contributed by atoms with Gasteiger partial charge in [-0.1, -0.05) is 38.1 Å². The number of hydrogen-bond acceptors (Lipinski definition) is 3. The van der Waals surface area contributed by atoms with Crippen molar-refractivity contribution in [1.82, 2.24) is 10.3 Å². The Hall–Kier alpha value is -1.94. The zero-order chi connectivity index (χ0) is 14.5. The summed E-state index contributed by atoms with van der Waals surface area (Å²) >= 11 is 0. The third-order valence-corrected chi connectivity index (χ3v) is 3.20. The molecule has 1 aromatic heterocycles. The van der Waals surface area contributed by atoms with Crippen LogP contribution in [0.3, 0.4) is 0 Å². The smallest absolute Gasteiger partial charge is 0.270 e. The molecule has 1 aromatic carbocycles. The molecule has 1 atom stereocenters. The maximum Gasteiger partial charge on any atom is 0.270 e. The lowest BCUT2D eigenvalue weighted by Gasteiger charge is -2.18. The average Bonchev–Trinajstić information content (AvgIpc) is 2.45. The van der Waals surface area contributed by atoms with Crippen LogP contribution in [0.5, 0.6) is 0 Å². The minimum absolute atomic E-state index is 0.0608. The SMILES string of the molecule is CC(C)CC(CO)NC(=O)c1nccc2ccccc12. The lowest BCUT2D eigenvalue weighted by atomic mass is 10.0. The van der Waals surface area contributed by atoms with E-state index in [2.05, 4.69) is 24.1 Å². The number of rotatable bonds is 5. The first-order chi connectivity index (χ1) is 9.61. The summed E-state index contributed by atoms with van der Waals surface area (Å²) in [5, 5.41) is 14.0. The maximum atomic E-state index is 12.3. The molecule has 0 aliphatic rings.